The lowest BCUT2D eigenvalue weighted by Gasteiger charge is -2.15. The van der Waals surface area contributed by atoms with Gasteiger partial charge in [0, 0.05) is 19.0 Å². The van der Waals surface area contributed by atoms with Gasteiger partial charge in [0.15, 0.2) is 5.82 Å². The van der Waals surface area contributed by atoms with Gasteiger partial charge < -0.3 is 10.2 Å². The van der Waals surface area contributed by atoms with Gasteiger partial charge in [-0.15, -0.1) is 5.10 Å². The lowest BCUT2D eigenvalue weighted by atomic mass is 10.1. The van der Waals surface area contributed by atoms with E-state index in [4.69, 9.17) is 0 Å². The van der Waals surface area contributed by atoms with Crippen LogP contribution in [-0.4, -0.2) is 49.5 Å². The van der Waals surface area contributed by atoms with Crippen molar-refractivity contribution in [1.29, 1.82) is 0 Å². The van der Waals surface area contributed by atoms with Crippen molar-refractivity contribution in [1.82, 2.24) is 30.4 Å². The molecule has 1 saturated carbocycles. The number of hydrogen-bond donors (Lipinski definition) is 1. The fraction of sp³-hybridized carbons (Fsp3) is 0.438. The standard InChI is InChI=1S/C16H18N6O2/c23-15-8-11(10-21(15)12-6-7-12)16(24)17-9-14-18-19-20-22(14)13-4-2-1-3-5-13/h1-5,11-12H,6-10H2,(H,17,24). The van der Waals surface area contributed by atoms with Gasteiger partial charge in [0.2, 0.25) is 11.8 Å². The van der Waals surface area contributed by atoms with Crippen LogP contribution >= 0.6 is 0 Å². The summed E-state index contributed by atoms with van der Waals surface area (Å²) in [5.41, 5.74) is 0.836. The number of nitrogens with one attached hydrogen (secondary N) is 1. The van der Waals surface area contributed by atoms with Crippen LogP contribution in [0.3, 0.4) is 0 Å². The van der Waals surface area contributed by atoms with Crippen molar-refractivity contribution in [3.8, 4) is 5.69 Å². The van der Waals surface area contributed by atoms with E-state index in [0.29, 0.717) is 24.8 Å². The number of amides is 2. The molecule has 24 heavy (non-hydrogen) atoms. The molecule has 1 atom stereocenters. The quantitative estimate of drug-likeness (QED) is 0.852. The summed E-state index contributed by atoms with van der Waals surface area (Å²) >= 11 is 0. The topological polar surface area (TPSA) is 93.0 Å². The number of carbonyl (C=O) groups is 2. The Kier molecular flexibility index (Phi) is 3.72. The number of likely N-dealkylation sites (tertiary alicyclic amines) is 1. The zero-order chi connectivity index (χ0) is 16.5. The summed E-state index contributed by atoms with van der Waals surface area (Å²) in [5, 5.41) is 14.5. The first-order valence-electron chi connectivity index (χ1n) is 8.12. The molecular formula is C16H18N6O2. The van der Waals surface area contributed by atoms with Gasteiger partial charge in [-0.1, -0.05) is 18.2 Å². The lowest BCUT2D eigenvalue weighted by molar-refractivity contribution is -0.129. The van der Waals surface area contributed by atoms with Crippen LogP contribution in [-0.2, 0) is 16.1 Å². The Bertz CT molecular complexity index is 755. The first-order valence-corrected chi connectivity index (χ1v) is 8.12. The highest BCUT2D eigenvalue weighted by Crippen LogP contribution is 2.32. The maximum atomic E-state index is 12.4. The molecule has 124 valence electrons. The Morgan fingerprint density at radius 1 is 1.25 bits per heavy atom. The minimum Gasteiger partial charge on any atom is -0.348 e. The molecule has 1 aliphatic heterocycles. The van der Waals surface area contributed by atoms with Gasteiger partial charge in [-0.2, -0.15) is 4.68 Å². The third-order valence-electron chi connectivity index (χ3n) is 4.47. The largest absolute Gasteiger partial charge is 0.348 e. The number of para-hydroxylation sites is 1. The second kappa shape index (κ2) is 6.03. The van der Waals surface area contributed by atoms with E-state index in [-0.39, 0.29) is 24.3 Å². The van der Waals surface area contributed by atoms with Crippen molar-refractivity contribution in [3.63, 3.8) is 0 Å². The predicted molar refractivity (Wildman–Crippen MR) is 83.8 cm³/mol. The predicted octanol–water partition coefficient (Wildman–Crippen LogP) is 0.289. The molecule has 4 rings (SSSR count). The first-order chi connectivity index (χ1) is 11.7. The molecule has 1 aliphatic carbocycles. The van der Waals surface area contributed by atoms with Gasteiger partial charge >= 0.3 is 0 Å². The van der Waals surface area contributed by atoms with E-state index in [0.717, 1.165) is 18.5 Å². The minimum absolute atomic E-state index is 0.0896. The summed E-state index contributed by atoms with van der Waals surface area (Å²) in [7, 11) is 0. The maximum Gasteiger partial charge on any atom is 0.225 e. The van der Waals surface area contributed by atoms with Crippen LogP contribution in [0.4, 0.5) is 0 Å². The molecule has 8 nitrogen and oxygen atoms in total. The average molecular weight is 326 g/mol. The molecule has 1 saturated heterocycles. The summed E-state index contributed by atoms with van der Waals surface area (Å²) in [6.45, 7) is 0.758. The number of tetrazole rings is 1. The molecule has 1 N–H and O–H groups in total. The number of hydrogen-bond acceptors (Lipinski definition) is 5. The van der Waals surface area contributed by atoms with Crippen molar-refractivity contribution < 1.29 is 9.59 Å². The average Bonchev–Trinajstić information content (AvgIpc) is 3.20. The minimum atomic E-state index is -0.279. The van der Waals surface area contributed by atoms with E-state index < -0.39 is 0 Å². The number of rotatable bonds is 5. The molecule has 0 radical (unpaired) electrons. The normalized spacial score (nSPS) is 20.4. The van der Waals surface area contributed by atoms with Crippen LogP contribution in [0, 0.1) is 5.92 Å². The van der Waals surface area contributed by atoms with Crippen LogP contribution in [0.25, 0.3) is 5.69 Å². The number of benzene rings is 1. The van der Waals surface area contributed by atoms with Crippen molar-refractivity contribution in [2.24, 2.45) is 5.92 Å². The van der Waals surface area contributed by atoms with Crippen LogP contribution in [0.1, 0.15) is 25.1 Å². The summed E-state index contributed by atoms with van der Waals surface area (Å²) in [4.78, 5) is 26.2. The summed E-state index contributed by atoms with van der Waals surface area (Å²) in [6, 6.07) is 9.86. The fourth-order valence-corrected chi connectivity index (χ4v) is 3.04. The van der Waals surface area contributed by atoms with E-state index in [2.05, 4.69) is 20.8 Å². The highest BCUT2D eigenvalue weighted by molar-refractivity contribution is 5.89. The smallest absolute Gasteiger partial charge is 0.225 e. The Hall–Kier alpha value is -2.77. The Labute approximate surface area is 138 Å². The summed E-state index contributed by atoms with van der Waals surface area (Å²) < 4.78 is 1.59. The first kappa shape index (κ1) is 14.8. The SMILES string of the molecule is O=C(NCc1nnnn1-c1ccccc1)C1CC(=O)N(C2CC2)C1. The number of aromatic nitrogens is 4. The van der Waals surface area contributed by atoms with Gasteiger partial charge in [-0.25, -0.2) is 0 Å². The van der Waals surface area contributed by atoms with Gasteiger partial charge in [-0.05, 0) is 35.4 Å². The van der Waals surface area contributed by atoms with Crippen molar-refractivity contribution in [2.75, 3.05) is 6.54 Å². The Balaban J connectivity index is 1.38. The fourth-order valence-electron chi connectivity index (χ4n) is 3.04. The second-order valence-electron chi connectivity index (χ2n) is 6.24. The van der Waals surface area contributed by atoms with Crippen molar-refractivity contribution >= 4 is 11.8 Å². The Morgan fingerprint density at radius 2 is 2.04 bits per heavy atom. The maximum absolute atomic E-state index is 12.4. The molecule has 2 aromatic rings. The monoisotopic (exact) mass is 326 g/mol. The molecule has 1 aromatic carbocycles. The highest BCUT2D eigenvalue weighted by atomic mass is 16.2. The summed E-state index contributed by atoms with van der Waals surface area (Å²) in [5.74, 6) is 0.248. The van der Waals surface area contributed by atoms with Gasteiger partial charge in [0.25, 0.3) is 0 Å². The molecule has 1 aromatic heterocycles. The summed E-state index contributed by atoms with van der Waals surface area (Å²) in [6.07, 6.45) is 2.42. The Morgan fingerprint density at radius 3 is 2.79 bits per heavy atom. The molecule has 1 unspecified atom stereocenters. The molecule has 2 heterocycles. The van der Waals surface area contributed by atoms with Crippen LogP contribution in [0.15, 0.2) is 30.3 Å². The number of nitrogens with zero attached hydrogens (tertiary/aromatic N) is 5. The van der Waals surface area contributed by atoms with E-state index in [1.807, 2.05) is 35.2 Å². The van der Waals surface area contributed by atoms with Crippen molar-refractivity contribution in [2.45, 2.75) is 31.8 Å². The highest BCUT2D eigenvalue weighted by Gasteiger charge is 2.41. The molecule has 8 heteroatoms. The zero-order valence-electron chi connectivity index (χ0n) is 13.1. The van der Waals surface area contributed by atoms with Crippen LogP contribution in [0.5, 0.6) is 0 Å². The van der Waals surface area contributed by atoms with Crippen LogP contribution < -0.4 is 5.32 Å². The van der Waals surface area contributed by atoms with E-state index in [1.54, 1.807) is 4.68 Å². The van der Waals surface area contributed by atoms with Crippen molar-refractivity contribution in [3.05, 3.63) is 36.2 Å². The molecule has 0 bridgehead atoms. The zero-order valence-corrected chi connectivity index (χ0v) is 13.1. The molecular weight excluding hydrogens is 308 g/mol. The van der Waals surface area contributed by atoms with E-state index in [1.165, 1.54) is 0 Å². The lowest BCUT2D eigenvalue weighted by Crippen LogP contribution is -2.33. The second-order valence-corrected chi connectivity index (χ2v) is 6.24. The molecule has 0 spiro atoms. The van der Waals surface area contributed by atoms with E-state index in [9.17, 15) is 9.59 Å². The van der Waals surface area contributed by atoms with Crippen LogP contribution in [0.2, 0.25) is 0 Å². The van der Waals surface area contributed by atoms with E-state index >= 15 is 0 Å². The third-order valence-corrected chi connectivity index (χ3v) is 4.47. The van der Waals surface area contributed by atoms with Gasteiger partial charge in [0.05, 0.1) is 18.2 Å². The van der Waals surface area contributed by atoms with Gasteiger partial charge in [0.1, 0.15) is 0 Å². The molecule has 2 fully saturated rings. The molecule has 2 aliphatic rings. The number of carbonyl (C=O) groups excluding carboxylic acids is 2. The molecule has 2 amide bonds. The third kappa shape index (κ3) is 2.86. The van der Waals surface area contributed by atoms with Gasteiger partial charge in [-0.3, -0.25) is 9.59 Å².